The van der Waals surface area contributed by atoms with Crippen molar-refractivity contribution in [1.82, 2.24) is 9.88 Å². The number of sulfone groups is 1. The number of pyridine rings is 1. The van der Waals surface area contributed by atoms with Gasteiger partial charge in [-0.3, -0.25) is 0 Å². The zero-order chi connectivity index (χ0) is 25.6. The monoisotopic (exact) mass is 509 g/mol. The van der Waals surface area contributed by atoms with Crippen LogP contribution in [0.1, 0.15) is 32.3 Å². The van der Waals surface area contributed by atoms with Crippen LogP contribution in [-0.2, 0) is 21.0 Å². The molecule has 0 radical (unpaired) electrons. The zero-order valence-corrected chi connectivity index (χ0v) is 21.2. The highest BCUT2D eigenvalue weighted by atomic mass is 32.2. The molecule has 192 valence electrons. The lowest BCUT2D eigenvalue weighted by Gasteiger charge is -2.32. The Morgan fingerprint density at radius 1 is 1.26 bits per heavy atom. The summed E-state index contributed by atoms with van der Waals surface area (Å²) < 4.78 is 54.3. The molecule has 1 aliphatic rings. The number of carbonyl (C=O) groups is 1. The Morgan fingerprint density at radius 2 is 1.97 bits per heavy atom. The van der Waals surface area contributed by atoms with Crippen LogP contribution < -0.4 is 14.8 Å². The largest absolute Gasteiger partial charge is 0.490 e. The summed E-state index contributed by atoms with van der Waals surface area (Å²) >= 11 is 0. The van der Waals surface area contributed by atoms with Gasteiger partial charge in [0.15, 0.2) is 11.6 Å². The first-order valence-corrected chi connectivity index (χ1v) is 13.5. The molecule has 0 bridgehead atoms. The minimum absolute atomic E-state index is 0.0498. The number of benzene rings is 1. The minimum Gasteiger partial charge on any atom is -0.490 e. The van der Waals surface area contributed by atoms with Gasteiger partial charge in [-0.1, -0.05) is 6.07 Å². The average molecular weight is 510 g/mol. The van der Waals surface area contributed by atoms with Crippen LogP contribution in [0.15, 0.2) is 30.5 Å². The molecule has 3 rings (SSSR count). The van der Waals surface area contributed by atoms with Gasteiger partial charge in [-0.15, -0.1) is 0 Å². The van der Waals surface area contributed by atoms with Gasteiger partial charge in [0.25, 0.3) is 0 Å². The van der Waals surface area contributed by atoms with Gasteiger partial charge in [-0.25, -0.2) is 22.6 Å². The van der Waals surface area contributed by atoms with Crippen LogP contribution in [0.25, 0.3) is 0 Å². The maximum Gasteiger partial charge on any atom is 0.410 e. The normalized spacial score (nSPS) is 14.6. The van der Waals surface area contributed by atoms with Crippen molar-refractivity contribution in [2.75, 3.05) is 37.5 Å². The third-order valence-electron chi connectivity index (χ3n) is 5.45. The molecule has 1 N–H and O–H groups in total. The van der Waals surface area contributed by atoms with Crippen LogP contribution in [-0.4, -0.2) is 68.8 Å². The molecule has 1 amide bonds. The fourth-order valence-corrected chi connectivity index (χ4v) is 4.27. The molecule has 9 nitrogen and oxygen atoms in total. The quantitative estimate of drug-likeness (QED) is 0.542. The molecule has 11 heteroatoms. The summed E-state index contributed by atoms with van der Waals surface area (Å²) in [5, 5.41) is 2.93. The summed E-state index contributed by atoms with van der Waals surface area (Å²) in [6.07, 6.45) is 3.55. The number of anilines is 2. The van der Waals surface area contributed by atoms with E-state index >= 15 is 0 Å². The van der Waals surface area contributed by atoms with E-state index in [2.05, 4.69) is 10.3 Å². The van der Waals surface area contributed by atoms with Gasteiger partial charge < -0.3 is 24.4 Å². The van der Waals surface area contributed by atoms with Gasteiger partial charge in [0.2, 0.25) is 5.75 Å². The standard InChI is InChI=1S/C24H32FN3O6S/c1-16(2)33-24(29)28-12-8-18(9-13-28)34-21-7-11-26-23(22(21)32-3)27-20-6-5-17(15-19(20)25)10-14-35(4,30)31/h5-7,11,15-16,18H,8-10,12-14H2,1-4H3,(H,26,27). The lowest BCUT2D eigenvalue weighted by atomic mass is 10.1. The molecule has 1 aromatic carbocycles. The van der Waals surface area contributed by atoms with Crippen molar-refractivity contribution in [3.05, 3.63) is 41.8 Å². The Labute approximate surface area is 205 Å². The van der Waals surface area contributed by atoms with Crippen molar-refractivity contribution >= 4 is 27.4 Å². The van der Waals surface area contributed by atoms with Crippen molar-refractivity contribution in [3.63, 3.8) is 0 Å². The van der Waals surface area contributed by atoms with Gasteiger partial charge >= 0.3 is 6.09 Å². The number of nitrogens with one attached hydrogen (secondary N) is 1. The van der Waals surface area contributed by atoms with Gasteiger partial charge in [-0.2, -0.15) is 0 Å². The Bertz CT molecular complexity index is 1130. The summed E-state index contributed by atoms with van der Waals surface area (Å²) in [5.74, 6) is 0.483. The van der Waals surface area contributed by atoms with Crippen LogP contribution in [0.5, 0.6) is 11.5 Å². The maximum atomic E-state index is 14.7. The molecular formula is C24H32FN3O6S. The number of aromatic nitrogens is 1. The van der Waals surface area contributed by atoms with Crippen LogP contribution >= 0.6 is 0 Å². The van der Waals surface area contributed by atoms with Crippen LogP contribution in [0.2, 0.25) is 0 Å². The number of likely N-dealkylation sites (tertiary alicyclic amines) is 1. The molecule has 1 aromatic heterocycles. The Kier molecular flexibility index (Phi) is 8.76. The van der Waals surface area contributed by atoms with Gasteiger partial charge in [-0.05, 0) is 38.0 Å². The van der Waals surface area contributed by atoms with Crippen LogP contribution in [0.3, 0.4) is 0 Å². The van der Waals surface area contributed by atoms with E-state index < -0.39 is 15.7 Å². The molecule has 35 heavy (non-hydrogen) atoms. The topological polar surface area (TPSA) is 107 Å². The number of rotatable bonds is 9. The molecule has 0 aliphatic carbocycles. The highest BCUT2D eigenvalue weighted by molar-refractivity contribution is 7.90. The van der Waals surface area contributed by atoms with E-state index in [1.807, 2.05) is 13.8 Å². The average Bonchev–Trinajstić information content (AvgIpc) is 2.79. The Balaban J connectivity index is 1.66. The van der Waals surface area contributed by atoms with Gasteiger partial charge in [0.05, 0.1) is 24.7 Å². The van der Waals surface area contributed by atoms with Gasteiger partial charge in [0.1, 0.15) is 21.8 Å². The molecular weight excluding hydrogens is 477 g/mol. The number of hydrogen-bond acceptors (Lipinski definition) is 8. The first kappa shape index (κ1) is 26.5. The fraction of sp³-hybridized carbons (Fsp3) is 0.500. The summed E-state index contributed by atoms with van der Waals surface area (Å²) in [6.45, 7) is 4.67. The predicted octanol–water partition coefficient (Wildman–Crippen LogP) is 3.95. The first-order valence-electron chi connectivity index (χ1n) is 11.4. The van der Waals surface area contributed by atoms with E-state index in [4.69, 9.17) is 14.2 Å². The fourth-order valence-electron chi connectivity index (χ4n) is 3.67. The maximum absolute atomic E-state index is 14.7. The zero-order valence-electron chi connectivity index (χ0n) is 20.4. The molecule has 1 saturated heterocycles. The smallest absolute Gasteiger partial charge is 0.410 e. The number of ether oxygens (including phenoxy) is 3. The molecule has 1 aliphatic heterocycles. The molecule has 0 saturated carbocycles. The third kappa shape index (κ3) is 7.71. The Hall–Kier alpha value is -3.08. The number of carbonyl (C=O) groups excluding carboxylic acids is 1. The molecule has 1 fully saturated rings. The van der Waals surface area contributed by atoms with Crippen molar-refractivity contribution in [2.45, 2.75) is 45.3 Å². The van der Waals surface area contributed by atoms with E-state index in [9.17, 15) is 17.6 Å². The van der Waals surface area contributed by atoms with E-state index in [0.717, 1.165) is 6.26 Å². The minimum atomic E-state index is -3.14. The number of amides is 1. The second-order valence-corrected chi connectivity index (χ2v) is 11.0. The van der Waals surface area contributed by atoms with E-state index in [0.29, 0.717) is 43.0 Å². The summed E-state index contributed by atoms with van der Waals surface area (Å²) in [6, 6.07) is 6.18. The summed E-state index contributed by atoms with van der Waals surface area (Å²) in [7, 11) is -1.66. The molecule has 0 atom stereocenters. The second-order valence-electron chi connectivity index (χ2n) is 8.75. The summed E-state index contributed by atoms with van der Waals surface area (Å²) in [5.41, 5.74) is 0.757. The number of halogens is 1. The van der Waals surface area contributed by atoms with Gasteiger partial charge in [0, 0.05) is 44.5 Å². The lowest BCUT2D eigenvalue weighted by Crippen LogP contribution is -2.42. The number of aryl methyl sites for hydroxylation is 1. The number of piperidine rings is 1. The molecule has 2 heterocycles. The molecule has 2 aromatic rings. The Morgan fingerprint density at radius 3 is 2.57 bits per heavy atom. The number of methoxy groups -OCH3 is 1. The van der Waals surface area contributed by atoms with Crippen LogP contribution in [0.4, 0.5) is 20.7 Å². The molecule has 0 spiro atoms. The lowest BCUT2D eigenvalue weighted by molar-refractivity contribution is 0.0511. The van der Waals surface area contributed by atoms with E-state index in [1.54, 1.807) is 17.0 Å². The third-order valence-corrected chi connectivity index (χ3v) is 6.40. The molecule has 0 unspecified atom stereocenters. The highest BCUT2D eigenvalue weighted by Gasteiger charge is 2.26. The number of nitrogens with zero attached hydrogens (tertiary/aromatic N) is 2. The van der Waals surface area contributed by atoms with E-state index in [1.165, 1.54) is 25.4 Å². The van der Waals surface area contributed by atoms with Crippen molar-refractivity contribution < 1.29 is 31.8 Å². The SMILES string of the molecule is COc1c(OC2CCN(C(=O)OC(C)C)CC2)ccnc1Nc1ccc(CCS(C)(=O)=O)cc1F. The predicted molar refractivity (Wildman–Crippen MR) is 131 cm³/mol. The van der Waals surface area contributed by atoms with Crippen molar-refractivity contribution in [3.8, 4) is 11.5 Å². The summed E-state index contributed by atoms with van der Waals surface area (Å²) in [4.78, 5) is 18.0. The van der Waals surface area contributed by atoms with Crippen molar-refractivity contribution in [2.24, 2.45) is 0 Å². The van der Waals surface area contributed by atoms with Crippen molar-refractivity contribution in [1.29, 1.82) is 0 Å². The highest BCUT2D eigenvalue weighted by Crippen LogP contribution is 2.37. The first-order chi connectivity index (χ1) is 16.6. The number of hydrogen-bond donors (Lipinski definition) is 1. The second kappa shape index (κ2) is 11.6. The van der Waals surface area contributed by atoms with Crippen LogP contribution in [0, 0.1) is 5.82 Å². The van der Waals surface area contributed by atoms with E-state index in [-0.39, 0.29) is 42.0 Å².